The van der Waals surface area contributed by atoms with Gasteiger partial charge in [0.15, 0.2) is 0 Å². The first-order valence-corrected chi connectivity index (χ1v) is 16.3. The standard InChI is InChI=1S/C45H25N5/c46-26-29-18-22-44-40(23-29)38-13-5-8-16-43(38)50(44)45-24-30(27-47)17-20-39(45)35-10-2-1-9-34(35)33-21-19-32(25-31(33)28-48)49-41-14-6-3-11-36(41)37-12-4-7-15-42(37)49/h1-25H. The van der Waals surface area contributed by atoms with Gasteiger partial charge in [-0.05, 0) is 71.8 Å². The van der Waals surface area contributed by atoms with E-state index in [1.54, 1.807) is 0 Å². The van der Waals surface area contributed by atoms with Crippen LogP contribution in [0.4, 0.5) is 0 Å². The highest BCUT2D eigenvalue weighted by Crippen LogP contribution is 2.41. The van der Waals surface area contributed by atoms with Gasteiger partial charge in [-0.2, -0.15) is 15.8 Å². The quantitative estimate of drug-likeness (QED) is 0.193. The molecule has 0 unspecified atom stereocenters. The lowest BCUT2D eigenvalue weighted by molar-refractivity contribution is 1.17. The fourth-order valence-corrected chi connectivity index (χ4v) is 7.47. The van der Waals surface area contributed by atoms with E-state index in [9.17, 15) is 15.8 Å². The van der Waals surface area contributed by atoms with Crippen LogP contribution in [0, 0.1) is 34.0 Å². The highest BCUT2D eigenvalue weighted by molar-refractivity contribution is 6.11. The van der Waals surface area contributed by atoms with E-state index in [0.717, 1.165) is 66.5 Å². The molecule has 0 fully saturated rings. The Morgan fingerprint density at radius 3 is 1.50 bits per heavy atom. The van der Waals surface area contributed by atoms with E-state index >= 15 is 0 Å². The Balaban J connectivity index is 1.27. The Kier molecular flexibility index (Phi) is 6.56. The second-order valence-corrected chi connectivity index (χ2v) is 12.3. The molecule has 9 aromatic rings. The van der Waals surface area contributed by atoms with Gasteiger partial charge in [0.05, 0.1) is 62.7 Å². The molecule has 2 aromatic heterocycles. The molecule has 9 rings (SSSR count). The first kappa shape index (κ1) is 28.8. The van der Waals surface area contributed by atoms with Gasteiger partial charge in [-0.25, -0.2) is 0 Å². The summed E-state index contributed by atoms with van der Waals surface area (Å²) in [7, 11) is 0. The molecule has 0 amide bonds. The van der Waals surface area contributed by atoms with Gasteiger partial charge in [0.25, 0.3) is 0 Å². The number of aromatic nitrogens is 2. The zero-order chi connectivity index (χ0) is 33.8. The van der Waals surface area contributed by atoms with E-state index in [0.29, 0.717) is 16.7 Å². The van der Waals surface area contributed by atoms with Crippen molar-refractivity contribution in [2.24, 2.45) is 0 Å². The molecular weight excluding hydrogens is 611 g/mol. The molecule has 50 heavy (non-hydrogen) atoms. The van der Waals surface area contributed by atoms with E-state index in [1.165, 1.54) is 10.8 Å². The van der Waals surface area contributed by atoms with Gasteiger partial charge < -0.3 is 9.13 Å². The van der Waals surface area contributed by atoms with Gasteiger partial charge >= 0.3 is 0 Å². The molecule has 0 spiro atoms. The van der Waals surface area contributed by atoms with Gasteiger partial charge in [0.1, 0.15) is 0 Å². The minimum Gasteiger partial charge on any atom is -0.309 e. The largest absolute Gasteiger partial charge is 0.309 e. The Morgan fingerprint density at radius 2 is 0.860 bits per heavy atom. The predicted octanol–water partition coefficient (Wildman–Crippen LogP) is 10.8. The van der Waals surface area contributed by atoms with Crippen molar-refractivity contribution in [3.8, 4) is 51.8 Å². The number of benzene rings is 7. The van der Waals surface area contributed by atoms with Crippen LogP contribution in [0.5, 0.6) is 0 Å². The summed E-state index contributed by atoms with van der Waals surface area (Å²) in [5.74, 6) is 0. The van der Waals surface area contributed by atoms with Crippen molar-refractivity contribution in [1.82, 2.24) is 9.13 Å². The maximum atomic E-state index is 10.6. The molecule has 2 heterocycles. The molecule has 0 bridgehead atoms. The van der Waals surface area contributed by atoms with Crippen LogP contribution in [0.15, 0.2) is 152 Å². The van der Waals surface area contributed by atoms with Gasteiger partial charge in [-0.15, -0.1) is 0 Å². The van der Waals surface area contributed by atoms with Crippen LogP contribution < -0.4 is 0 Å². The summed E-state index contributed by atoms with van der Waals surface area (Å²) in [4.78, 5) is 0. The van der Waals surface area contributed by atoms with Crippen LogP contribution in [-0.4, -0.2) is 9.13 Å². The average molecular weight is 636 g/mol. The summed E-state index contributed by atoms with van der Waals surface area (Å²) in [5, 5.41) is 34.6. The summed E-state index contributed by atoms with van der Waals surface area (Å²) < 4.78 is 4.40. The molecule has 0 radical (unpaired) electrons. The molecule has 0 atom stereocenters. The molecule has 5 heteroatoms. The van der Waals surface area contributed by atoms with E-state index in [1.807, 2.05) is 84.9 Å². The molecule has 0 aliphatic heterocycles. The number of rotatable bonds is 4. The minimum absolute atomic E-state index is 0.536. The highest BCUT2D eigenvalue weighted by atomic mass is 15.0. The van der Waals surface area contributed by atoms with Crippen molar-refractivity contribution in [3.63, 3.8) is 0 Å². The summed E-state index contributed by atoms with van der Waals surface area (Å²) in [6.45, 7) is 0. The number of nitrogens with zero attached hydrogens (tertiary/aromatic N) is 5. The van der Waals surface area contributed by atoms with Gasteiger partial charge in [0.2, 0.25) is 0 Å². The molecule has 0 saturated carbocycles. The molecule has 0 saturated heterocycles. The maximum Gasteiger partial charge on any atom is 0.0998 e. The molecule has 0 aliphatic rings. The summed E-state index contributed by atoms with van der Waals surface area (Å²) >= 11 is 0. The van der Waals surface area contributed by atoms with E-state index in [4.69, 9.17) is 0 Å². The van der Waals surface area contributed by atoms with Crippen molar-refractivity contribution in [2.75, 3.05) is 0 Å². The number of para-hydroxylation sites is 3. The number of fused-ring (bicyclic) bond motifs is 6. The van der Waals surface area contributed by atoms with Crippen LogP contribution >= 0.6 is 0 Å². The second kappa shape index (κ2) is 11.4. The normalized spacial score (nSPS) is 11.1. The molecular formula is C45H25N5. The minimum atomic E-state index is 0.536. The molecule has 5 nitrogen and oxygen atoms in total. The van der Waals surface area contributed by atoms with Gasteiger partial charge in [-0.3, -0.25) is 0 Å². The van der Waals surface area contributed by atoms with Crippen molar-refractivity contribution in [2.45, 2.75) is 0 Å². The number of hydrogen-bond acceptors (Lipinski definition) is 3. The third-order valence-corrected chi connectivity index (χ3v) is 9.64. The average Bonchev–Trinajstić information content (AvgIpc) is 3.70. The second-order valence-electron chi connectivity index (χ2n) is 12.3. The fourth-order valence-electron chi connectivity index (χ4n) is 7.47. The smallest absolute Gasteiger partial charge is 0.0998 e. The Hall–Kier alpha value is -7.39. The summed E-state index contributed by atoms with van der Waals surface area (Å²) in [6, 6.07) is 57.7. The monoisotopic (exact) mass is 635 g/mol. The van der Waals surface area contributed by atoms with Crippen molar-refractivity contribution in [1.29, 1.82) is 15.8 Å². The van der Waals surface area contributed by atoms with Crippen LogP contribution in [0.2, 0.25) is 0 Å². The lowest BCUT2D eigenvalue weighted by atomic mass is 9.90. The molecule has 0 aliphatic carbocycles. The van der Waals surface area contributed by atoms with Crippen LogP contribution in [0.3, 0.4) is 0 Å². The Bertz CT molecular complexity index is 2920. The number of nitriles is 3. The van der Waals surface area contributed by atoms with Gasteiger partial charge in [-0.1, -0.05) is 91.0 Å². The fraction of sp³-hybridized carbons (Fsp3) is 0. The van der Waals surface area contributed by atoms with E-state index in [-0.39, 0.29) is 0 Å². The van der Waals surface area contributed by atoms with Crippen molar-refractivity contribution in [3.05, 3.63) is 168 Å². The number of hydrogen-bond donors (Lipinski definition) is 0. The van der Waals surface area contributed by atoms with Crippen LogP contribution in [0.1, 0.15) is 16.7 Å². The first-order chi connectivity index (χ1) is 24.7. The summed E-state index contributed by atoms with van der Waals surface area (Å²) in [6.07, 6.45) is 0. The third kappa shape index (κ3) is 4.31. The third-order valence-electron chi connectivity index (χ3n) is 9.64. The van der Waals surface area contributed by atoms with Crippen LogP contribution in [0.25, 0.3) is 77.2 Å². The van der Waals surface area contributed by atoms with E-state index in [2.05, 4.69) is 94.1 Å². The zero-order valence-corrected chi connectivity index (χ0v) is 26.7. The zero-order valence-electron chi connectivity index (χ0n) is 26.7. The SMILES string of the molecule is N#Cc1ccc(-c2ccccc2-c2ccc(-n3c4ccccc4c4ccccc43)cc2C#N)c(-n2c3ccccc3c3cc(C#N)ccc32)c1. The molecule has 7 aromatic carbocycles. The first-order valence-electron chi connectivity index (χ1n) is 16.3. The Labute approximate surface area is 287 Å². The van der Waals surface area contributed by atoms with E-state index < -0.39 is 0 Å². The highest BCUT2D eigenvalue weighted by Gasteiger charge is 2.20. The van der Waals surface area contributed by atoms with Gasteiger partial charge in [0, 0.05) is 38.4 Å². The topological polar surface area (TPSA) is 81.2 Å². The predicted molar refractivity (Wildman–Crippen MR) is 200 cm³/mol. The summed E-state index contributed by atoms with van der Waals surface area (Å²) in [5.41, 5.74) is 11.1. The van der Waals surface area contributed by atoms with Crippen molar-refractivity contribution < 1.29 is 0 Å². The van der Waals surface area contributed by atoms with Crippen LogP contribution in [-0.2, 0) is 0 Å². The Morgan fingerprint density at radius 1 is 0.360 bits per heavy atom. The van der Waals surface area contributed by atoms with Crippen molar-refractivity contribution >= 4 is 43.6 Å². The lowest BCUT2D eigenvalue weighted by Gasteiger charge is -2.18. The maximum absolute atomic E-state index is 10.6. The molecule has 230 valence electrons. The molecule has 0 N–H and O–H groups in total. The lowest BCUT2D eigenvalue weighted by Crippen LogP contribution is -2.00.